The predicted molar refractivity (Wildman–Crippen MR) is 78.8 cm³/mol. The van der Waals surface area contributed by atoms with Crippen LogP contribution in [0, 0.1) is 0 Å². The summed E-state index contributed by atoms with van der Waals surface area (Å²) in [5.41, 5.74) is 0.445. The molecule has 0 amide bonds. The average molecular weight is 304 g/mol. The third kappa shape index (κ3) is 3.85. The number of nitrogens with zero attached hydrogens (tertiary/aromatic N) is 1. The molecular formula is C14H19Cl2NO2. The molecule has 1 unspecified atom stereocenters. The fourth-order valence-corrected chi connectivity index (χ4v) is 2.14. The largest absolute Gasteiger partial charge is 0.466 e. The van der Waals surface area contributed by atoms with Gasteiger partial charge in [-0.3, -0.25) is 9.69 Å². The van der Waals surface area contributed by atoms with Crippen LogP contribution in [0.3, 0.4) is 0 Å². The average Bonchev–Trinajstić information content (AvgIpc) is 2.32. The van der Waals surface area contributed by atoms with Crippen molar-refractivity contribution in [3.05, 3.63) is 33.8 Å². The summed E-state index contributed by atoms with van der Waals surface area (Å²) in [6.45, 7) is 4.15. The van der Waals surface area contributed by atoms with Crippen molar-refractivity contribution in [2.24, 2.45) is 0 Å². The Hall–Kier alpha value is -0.770. The molecule has 1 aromatic carbocycles. The van der Waals surface area contributed by atoms with Gasteiger partial charge < -0.3 is 4.74 Å². The second kappa shape index (κ2) is 6.60. The molecule has 0 aliphatic rings. The summed E-state index contributed by atoms with van der Waals surface area (Å²) in [6.07, 6.45) is 0.256. The minimum Gasteiger partial charge on any atom is -0.466 e. The molecule has 3 nitrogen and oxygen atoms in total. The van der Waals surface area contributed by atoms with Crippen molar-refractivity contribution in [2.75, 3.05) is 20.7 Å². The summed E-state index contributed by atoms with van der Waals surface area (Å²) in [6, 6.07) is 5.42. The Bertz CT molecular complexity index is 463. The second-order valence-electron chi connectivity index (χ2n) is 4.78. The summed E-state index contributed by atoms with van der Waals surface area (Å²) in [5, 5.41) is 0.985. The molecule has 0 aliphatic carbocycles. The first-order chi connectivity index (χ1) is 8.81. The number of esters is 1. The maximum Gasteiger partial charge on any atom is 0.307 e. The van der Waals surface area contributed by atoms with Crippen LogP contribution in [0.5, 0.6) is 0 Å². The molecule has 0 aliphatic heterocycles. The van der Waals surface area contributed by atoms with Crippen LogP contribution in [0.4, 0.5) is 0 Å². The summed E-state index contributed by atoms with van der Waals surface area (Å²) < 4.78 is 5.04. The normalized spacial score (nSPS) is 14.3. The number of benzene rings is 1. The highest BCUT2D eigenvalue weighted by atomic mass is 35.5. The first kappa shape index (κ1) is 16.3. The first-order valence-corrected chi connectivity index (χ1v) is 6.85. The van der Waals surface area contributed by atoms with Gasteiger partial charge in [0.2, 0.25) is 0 Å². The highest BCUT2D eigenvalue weighted by Gasteiger charge is 2.33. The quantitative estimate of drug-likeness (QED) is 0.776. The Morgan fingerprint density at radius 1 is 1.32 bits per heavy atom. The van der Waals surface area contributed by atoms with Gasteiger partial charge in [-0.2, -0.15) is 0 Å². The van der Waals surface area contributed by atoms with E-state index < -0.39 is 5.54 Å². The van der Waals surface area contributed by atoms with Gasteiger partial charge in [-0.05, 0) is 45.6 Å². The van der Waals surface area contributed by atoms with E-state index in [9.17, 15) is 4.79 Å². The van der Waals surface area contributed by atoms with Crippen molar-refractivity contribution in [1.82, 2.24) is 4.90 Å². The molecule has 0 heterocycles. The van der Waals surface area contributed by atoms with E-state index in [1.54, 1.807) is 19.1 Å². The van der Waals surface area contributed by atoms with E-state index in [-0.39, 0.29) is 12.4 Å². The standard InChI is InChI=1S/C14H19Cl2NO2/c1-5-19-13(18)9-14(2,17(3)4)10-6-7-11(15)12(16)8-10/h6-8H,5,9H2,1-4H3. The predicted octanol–water partition coefficient (Wildman–Crippen LogP) is 3.72. The molecule has 0 N–H and O–H groups in total. The summed E-state index contributed by atoms with van der Waals surface area (Å²) in [5.74, 6) is -0.232. The molecule has 0 fully saturated rings. The fourth-order valence-electron chi connectivity index (χ4n) is 1.84. The van der Waals surface area contributed by atoms with Gasteiger partial charge in [-0.25, -0.2) is 0 Å². The Balaban J connectivity index is 3.10. The number of carbonyl (C=O) groups excluding carboxylic acids is 1. The van der Waals surface area contributed by atoms with Crippen molar-refractivity contribution in [3.63, 3.8) is 0 Å². The lowest BCUT2D eigenvalue weighted by Gasteiger charge is -2.36. The minimum atomic E-state index is -0.486. The first-order valence-electron chi connectivity index (χ1n) is 6.10. The van der Waals surface area contributed by atoms with Gasteiger partial charge in [0.05, 0.1) is 28.6 Å². The van der Waals surface area contributed by atoms with Crippen LogP contribution < -0.4 is 0 Å². The maximum absolute atomic E-state index is 11.8. The number of halogens is 2. The van der Waals surface area contributed by atoms with Crippen molar-refractivity contribution < 1.29 is 9.53 Å². The van der Waals surface area contributed by atoms with Crippen LogP contribution in [0.1, 0.15) is 25.8 Å². The van der Waals surface area contributed by atoms with E-state index in [0.29, 0.717) is 16.7 Å². The topological polar surface area (TPSA) is 29.5 Å². The summed E-state index contributed by atoms with van der Waals surface area (Å²) >= 11 is 12.0. The zero-order valence-corrected chi connectivity index (χ0v) is 13.2. The van der Waals surface area contributed by atoms with Crippen molar-refractivity contribution >= 4 is 29.2 Å². The molecule has 106 valence electrons. The number of ether oxygens (including phenoxy) is 1. The minimum absolute atomic E-state index is 0.232. The summed E-state index contributed by atoms with van der Waals surface area (Å²) in [4.78, 5) is 13.8. The molecule has 1 rings (SSSR count). The maximum atomic E-state index is 11.8. The van der Waals surface area contributed by atoms with Crippen LogP contribution in [0.2, 0.25) is 10.0 Å². The lowest BCUT2D eigenvalue weighted by atomic mass is 9.87. The number of hydrogen-bond acceptors (Lipinski definition) is 3. The zero-order chi connectivity index (χ0) is 14.6. The van der Waals surface area contributed by atoms with E-state index in [1.807, 2.05) is 32.0 Å². The van der Waals surface area contributed by atoms with Gasteiger partial charge in [0.1, 0.15) is 0 Å². The van der Waals surface area contributed by atoms with E-state index >= 15 is 0 Å². The SMILES string of the molecule is CCOC(=O)CC(C)(c1ccc(Cl)c(Cl)c1)N(C)C. The molecule has 19 heavy (non-hydrogen) atoms. The number of hydrogen-bond donors (Lipinski definition) is 0. The van der Waals surface area contributed by atoms with Gasteiger partial charge in [0.25, 0.3) is 0 Å². The van der Waals surface area contributed by atoms with Crippen LogP contribution in [-0.4, -0.2) is 31.6 Å². The van der Waals surface area contributed by atoms with Gasteiger partial charge in [0.15, 0.2) is 0 Å². The Labute approximate surface area is 124 Å². The van der Waals surface area contributed by atoms with E-state index in [0.717, 1.165) is 5.56 Å². The molecule has 1 aromatic rings. The second-order valence-corrected chi connectivity index (χ2v) is 5.59. The molecule has 0 radical (unpaired) electrons. The number of carbonyl (C=O) groups is 1. The molecule has 0 bridgehead atoms. The fraction of sp³-hybridized carbons (Fsp3) is 0.500. The van der Waals surface area contributed by atoms with Crippen molar-refractivity contribution in [2.45, 2.75) is 25.8 Å². The van der Waals surface area contributed by atoms with Crippen molar-refractivity contribution in [3.8, 4) is 0 Å². The molecule has 0 aromatic heterocycles. The Morgan fingerprint density at radius 3 is 2.42 bits per heavy atom. The molecule has 0 saturated carbocycles. The Morgan fingerprint density at radius 2 is 1.95 bits per heavy atom. The van der Waals surface area contributed by atoms with E-state index in [4.69, 9.17) is 27.9 Å². The van der Waals surface area contributed by atoms with Crippen molar-refractivity contribution in [1.29, 1.82) is 0 Å². The molecule has 0 spiro atoms. The third-order valence-corrected chi connectivity index (χ3v) is 4.06. The van der Waals surface area contributed by atoms with Crippen LogP contribution in [-0.2, 0) is 15.1 Å². The van der Waals surface area contributed by atoms with Gasteiger partial charge >= 0.3 is 5.97 Å². The van der Waals surface area contributed by atoms with Gasteiger partial charge in [0, 0.05) is 0 Å². The molecule has 5 heteroatoms. The van der Waals surface area contributed by atoms with Crippen LogP contribution in [0.25, 0.3) is 0 Å². The lowest BCUT2D eigenvalue weighted by molar-refractivity contribution is -0.146. The zero-order valence-electron chi connectivity index (χ0n) is 11.7. The molecule has 0 saturated heterocycles. The third-order valence-electron chi connectivity index (χ3n) is 3.32. The lowest BCUT2D eigenvalue weighted by Crippen LogP contribution is -2.40. The highest BCUT2D eigenvalue weighted by molar-refractivity contribution is 6.42. The van der Waals surface area contributed by atoms with E-state index in [2.05, 4.69) is 0 Å². The monoisotopic (exact) mass is 303 g/mol. The Kier molecular flexibility index (Phi) is 5.65. The molecule has 1 atom stereocenters. The van der Waals surface area contributed by atoms with Gasteiger partial charge in [-0.1, -0.05) is 29.3 Å². The number of rotatable bonds is 5. The van der Waals surface area contributed by atoms with Gasteiger partial charge in [-0.15, -0.1) is 0 Å². The van der Waals surface area contributed by atoms with E-state index in [1.165, 1.54) is 0 Å². The molecular weight excluding hydrogens is 285 g/mol. The highest BCUT2D eigenvalue weighted by Crippen LogP contribution is 2.34. The van der Waals surface area contributed by atoms with Crippen LogP contribution in [0.15, 0.2) is 18.2 Å². The van der Waals surface area contributed by atoms with Crippen LogP contribution >= 0.6 is 23.2 Å². The smallest absolute Gasteiger partial charge is 0.307 e. The summed E-state index contributed by atoms with van der Waals surface area (Å²) in [7, 11) is 3.84.